The van der Waals surface area contributed by atoms with Crippen LogP contribution in [0, 0.1) is 13.8 Å². The molecule has 2 N–H and O–H groups in total. The number of anilines is 3. The van der Waals surface area contributed by atoms with Gasteiger partial charge in [-0.15, -0.1) is 0 Å². The van der Waals surface area contributed by atoms with Crippen LogP contribution in [0.25, 0.3) is 0 Å². The molecule has 0 saturated carbocycles. The molecule has 3 rings (SSSR count). The highest BCUT2D eigenvalue weighted by molar-refractivity contribution is 5.58. The molecule has 0 aliphatic carbocycles. The fourth-order valence-electron chi connectivity index (χ4n) is 2.54. The molecule has 0 aliphatic heterocycles. The average Bonchev–Trinajstić information content (AvgIpc) is 2.60. The van der Waals surface area contributed by atoms with Gasteiger partial charge in [-0.25, -0.2) is 4.98 Å². The maximum absolute atomic E-state index is 5.18. The zero-order valence-electron chi connectivity index (χ0n) is 14.7. The zero-order valence-corrected chi connectivity index (χ0v) is 14.7. The first-order chi connectivity index (χ1) is 12.1. The number of hydrogen-bond donors (Lipinski definition) is 2. The second-order valence-corrected chi connectivity index (χ2v) is 5.91. The monoisotopic (exact) mass is 334 g/mol. The first-order valence-electron chi connectivity index (χ1n) is 8.18. The van der Waals surface area contributed by atoms with Crippen LogP contribution in [0.5, 0.6) is 5.75 Å². The number of ether oxygens (including phenoxy) is 1. The number of benzene rings is 2. The Labute approximate surface area is 148 Å². The lowest BCUT2D eigenvalue weighted by atomic mass is 10.1. The van der Waals surface area contributed by atoms with Gasteiger partial charge >= 0.3 is 0 Å². The van der Waals surface area contributed by atoms with Gasteiger partial charge in [0.2, 0.25) is 5.95 Å². The molecule has 5 nitrogen and oxygen atoms in total. The van der Waals surface area contributed by atoms with Crippen molar-refractivity contribution in [1.82, 2.24) is 9.97 Å². The van der Waals surface area contributed by atoms with Crippen molar-refractivity contribution in [3.05, 3.63) is 71.4 Å². The van der Waals surface area contributed by atoms with Crippen molar-refractivity contribution in [3.8, 4) is 5.75 Å². The summed E-state index contributed by atoms with van der Waals surface area (Å²) in [5.74, 6) is 2.19. The van der Waals surface area contributed by atoms with E-state index in [0.717, 1.165) is 22.9 Å². The number of hydrogen-bond acceptors (Lipinski definition) is 5. The van der Waals surface area contributed by atoms with Gasteiger partial charge in [-0.2, -0.15) is 4.98 Å². The van der Waals surface area contributed by atoms with Crippen LogP contribution in [0.15, 0.2) is 54.6 Å². The molecule has 0 amide bonds. The van der Waals surface area contributed by atoms with E-state index in [2.05, 4.69) is 51.8 Å². The Hall–Kier alpha value is -3.08. The van der Waals surface area contributed by atoms with Crippen molar-refractivity contribution in [2.75, 3.05) is 17.7 Å². The lowest BCUT2D eigenvalue weighted by molar-refractivity contribution is 0.415. The minimum absolute atomic E-state index is 0.609. The lowest BCUT2D eigenvalue weighted by Crippen LogP contribution is -2.06. The van der Waals surface area contributed by atoms with E-state index in [1.807, 2.05) is 37.3 Å². The molecule has 0 atom stereocenters. The van der Waals surface area contributed by atoms with E-state index in [1.165, 1.54) is 11.1 Å². The van der Waals surface area contributed by atoms with Crippen LogP contribution < -0.4 is 15.4 Å². The van der Waals surface area contributed by atoms with Crippen LogP contribution in [0.1, 0.15) is 16.8 Å². The summed E-state index contributed by atoms with van der Waals surface area (Å²) in [5.41, 5.74) is 4.29. The number of nitrogens with one attached hydrogen (secondary N) is 2. The summed E-state index contributed by atoms with van der Waals surface area (Å²) in [7, 11) is 1.66. The maximum Gasteiger partial charge on any atom is 0.225 e. The van der Waals surface area contributed by atoms with E-state index in [4.69, 9.17) is 4.74 Å². The van der Waals surface area contributed by atoms with E-state index in [1.54, 1.807) is 7.11 Å². The minimum atomic E-state index is 0.609. The fraction of sp³-hybridized carbons (Fsp3) is 0.200. The molecule has 1 aromatic heterocycles. The van der Waals surface area contributed by atoms with Gasteiger partial charge in [0.1, 0.15) is 11.6 Å². The second kappa shape index (κ2) is 7.66. The highest BCUT2D eigenvalue weighted by Gasteiger charge is 2.04. The molecule has 2 aromatic carbocycles. The Bertz CT molecular complexity index is 847. The normalized spacial score (nSPS) is 10.4. The highest BCUT2D eigenvalue weighted by atomic mass is 16.5. The zero-order chi connectivity index (χ0) is 17.6. The molecule has 0 saturated heterocycles. The van der Waals surface area contributed by atoms with Gasteiger partial charge in [0.15, 0.2) is 0 Å². The Balaban J connectivity index is 1.71. The van der Waals surface area contributed by atoms with Crippen molar-refractivity contribution >= 4 is 17.5 Å². The molecule has 1 heterocycles. The summed E-state index contributed by atoms with van der Waals surface area (Å²) in [6.45, 7) is 4.73. The van der Waals surface area contributed by atoms with E-state index < -0.39 is 0 Å². The van der Waals surface area contributed by atoms with E-state index >= 15 is 0 Å². The highest BCUT2D eigenvalue weighted by Crippen LogP contribution is 2.20. The third kappa shape index (κ3) is 4.70. The first-order valence-corrected chi connectivity index (χ1v) is 8.18. The van der Waals surface area contributed by atoms with Gasteiger partial charge in [0.05, 0.1) is 7.11 Å². The minimum Gasteiger partial charge on any atom is -0.497 e. The molecule has 0 fully saturated rings. The van der Waals surface area contributed by atoms with Gasteiger partial charge in [-0.3, -0.25) is 0 Å². The van der Waals surface area contributed by atoms with Crippen LogP contribution in [0.2, 0.25) is 0 Å². The van der Waals surface area contributed by atoms with Crippen molar-refractivity contribution < 1.29 is 4.74 Å². The standard InChI is InChI=1S/C20H22N4O/c1-14-5-4-6-16(11-14)13-21-20-22-15(2)12-19(24-20)23-17-7-9-18(25-3)10-8-17/h4-12H,13H2,1-3H3,(H2,21,22,23,24). The molecule has 128 valence electrons. The Morgan fingerprint density at radius 1 is 0.960 bits per heavy atom. The Kier molecular flexibility index (Phi) is 5.14. The van der Waals surface area contributed by atoms with Gasteiger partial charge in [-0.05, 0) is 43.7 Å². The molecular formula is C20H22N4O. The molecule has 0 aliphatic rings. The summed E-state index contributed by atoms with van der Waals surface area (Å²) < 4.78 is 5.18. The van der Waals surface area contributed by atoms with Crippen molar-refractivity contribution in [2.24, 2.45) is 0 Å². The summed E-state index contributed by atoms with van der Waals surface area (Å²) in [5, 5.41) is 6.59. The van der Waals surface area contributed by atoms with Crippen molar-refractivity contribution in [1.29, 1.82) is 0 Å². The van der Waals surface area contributed by atoms with Crippen molar-refractivity contribution in [2.45, 2.75) is 20.4 Å². The number of aryl methyl sites for hydroxylation is 2. The van der Waals surface area contributed by atoms with Crippen LogP contribution >= 0.6 is 0 Å². The number of methoxy groups -OCH3 is 1. The quantitative estimate of drug-likeness (QED) is 0.697. The molecule has 0 unspecified atom stereocenters. The molecule has 5 heteroatoms. The van der Waals surface area contributed by atoms with E-state index in [0.29, 0.717) is 12.5 Å². The number of aromatic nitrogens is 2. The van der Waals surface area contributed by atoms with Gasteiger partial charge < -0.3 is 15.4 Å². The van der Waals surface area contributed by atoms with Gasteiger partial charge in [0.25, 0.3) is 0 Å². The summed E-state index contributed by atoms with van der Waals surface area (Å²) in [6, 6.07) is 18.0. The van der Waals surface area contributed by atoms with E-state index in [-0.39, 0.29) is 0 Å². The van der Waals surface area contributed by atoms with Crippen molar-refractivity contribution in [3.63, 3.8) is 0 Å². The van der Waals surface area contributed by atoms with Crippen LogP contribution in [-0.4, -0.2) is 17.1 Å². The molecular weight excluding hydrogens is 312 g/mol. The topological polar surface area (TPSA) is 59.1 Å². The molecule has 0 radical (unpaired) electrons. The maximum atomic E-state index is 5.18. The lowest BCUT2D eigenvalue weighted by Gasteiger charge is -2.11. The van der Waals surface area contributed by atoms with Gasteiger partial charge in [0, 0.05) is 24.0 Å². The predicted molar refractivity (Wildman–Crippen MR) is 102 cm³/mol. The summed E-state index contributed by atoms with van der Waals surface area (Å²) in [4.78, 5) is 9.00. The van der Waals surface area contributed by atoms with E-state index in [9.17, 15) is 0 Å². The smallest absolute Gasteiger partial charge is 0.225 e. The second-order valence-electron chi connectivity index (χ2n) is 5.91. The largest absolute Gasteiger partial charge is 0.497 e. The van der Waals surface area contributed by atoms with Crippen LogP contribution in [0.4, 0.5) is 17.5 Å². The Morgan fingerprint density at radius 2 is 1.76 bits per heavy atom. The van der Waals surface area contributed by atoms with Crippen LogP contribution in [-0.2, 0) is 6.54 Å². The first kappa shape index (κ1) is 16.8. The summed E-state index contributed by atoms with van der Waals surface area (Å²) in [6.07, 6.45) is 0. The third-order valence-corrected chi connectivity index (χ3v) is 3.75. The SMILES string of the molecule is COc1ccc(Nc2cc(C)nc(NCc3cccc(C)c3)n2)cc1. The fourth-order valence-corrected chi connectivity index (χ4v) is 2.54. The van der Waals surface area contributed by atoms with Crippen LogP contribution in [0.3, 0.4) is 0 Å². The third-order valence-electron chi connectivity index (χ3n) is 3.75. The molecule has 0 spiro atoms. The average molecular weight is 334 g/mol. The Morgan fingerprint density at radius 3 is 2.48 bits per heavy atom. The van der Waals surface area contributed by atoms with Gasteiger partial charge in [-0.1, -0.05) is 29.8 Å². The molecule has 25 heavy (non-hydrogen) atoms. The molecule has 3 aromatic rings. The molecule has 0 bridgehead atoms. The number of rotatable bonds is 6. The predicted octanol–water partition coefficient (Wildman–Crippen LogP) is 4.46. The number of nitrogens with zero attached hydrogens (tertiary/aromatic N) is 2. The summed E-state index contributed by atoms with van der Waals surface area (Å²) >= 11 is 0.